The maximum Gasteiger partial charge on any atom is 0.573 e. The monoisotopic (exact) mass is 299 g/mol. The first-order chi connectivity index (χ1) is 9.83. The number of anilines is 1. The fourth-order valence-electron chi connectivity index (χ4n) is 1.78. The van der Waals surface area contributed by atoms with E-state index in [1.54, 1.807) is 12.1 Å². The Hall–Kier alpha value is -2.24. The average molecular weight is 299 g/mol. The van der Waals surface area contributed by atoms with Crippen LogP contribution in [-0.2, 0) is 6.54 Å². The summed E-state index contributed by atoms with van der Waals surface area (Å²) in [7, 11) is 0. The fraction of sp³-hybridized carbons (Fsp3) is 0.200. The Morgan fingerprint density at radius 1 is 1.05 bits per heavy atom. The highest BCUT2D eigenvalue weighted by molar-refractivity contribution is 5.47. The molecule has 0 amide bonds. The van der Waals surface area contributed by atoms with Crippen LogP contribution >= 0.6 is 0 Å². The van der Waals surface area contributed by atoms with Gasteiger partial charge in [0.2, 0.25) is 0 Å². The van der Waals surface area contributed by atoms with Crippen molar-refractivity contribution in [3.63, 3.8) is 0 Å². The first kappa shape index (κ1) is 15.2. The zero-order chi connectivity index (χ0) is 15.5. The van der Waals surface area contributed by atoms with Crippen LogP contribution in [0.15, 0.2) is 42.5 Å². The Bertz CT molecular complexity index is 608. The van der Waals surface area contributed by atoms with Crippen LogP contribution in [0.2, 0.25) is 0 Å². The highest BCUT2D eigenvalue weighted by Crippen LogP contribution is 2.23. The summed E-state index contributed by atoms with van der Waals surface area (Å²) in [6.45, 7) is 2.14. The lowest BCUT2D eigenvalue weighted by atomic mass is 10.2. The van der Waals surface area contributed by atoms with Gasteiger partial charge >= 0.3 is 6.36 Å². The van der Waals surface area contributed by atoms with Crippen molar-refractivity contribution in [2.75, 3.05) is 5.32 Å². The van der Waals surface area contributed by atoms with Crippen LogP contribution in [0.25, 0.3) is 0 Å². The van der Waals surface area contributed by atoms with E-state index in [4.69, 9.17) is 0 Å². The second-order valence-electron chi connectivity index (χ2n) is 4.53. The van der Waals surface area contributed by atoms with Gasteiger partial charge in [-0.1, -0.05) is 18.2 Å². The molecule has 0 heterocycles. The summed E-state index contributed by atoms with van der Waals surface area (Å²) in [5.74, 6) is -0.661. The number of hydrogen-bond acceptors (Lipinski definition) is 2. The molecular weight excluding hydrogens is 286 g/mol. The van der Waals surface area contributed by atoms with Gasteiger partial charge < -0.3 is 10.1 Å². The van der Waals surface area contributed by atoms with Crippen molar-refractivity contribution in [3.05, 3.63) is 59.4 Å². The quantitative estimate of drug-likeness (QED) is 0.830. The molecule has 0 aliphatic heterocycles. The number of nitrogens with one attached hydrogen (secondary N) is 1. The Balaban J connectivity index is 1.99. The smallest absolute Gasteiger partial charge is 0.406 e. The predicted octanol–water partition coefficient (Wildman–Crippen LogP) is 4.64. The summed E-state index contributed by atoms with van der Waals surface area (Å²) in [5.41, 5.74) is 1.98. The van der Waals surface area contributed by atoms with E-state index < -0.39 is 6.36 Å². The number of rotatable bonds is 4. The Labute approximate surface area is 119 Å². The molecule has 6 heteroatoms. The third-order valence-electron chi connectivity index (χ3n) is 2.76. The van der Waals surface area contributed by atoms with Crippen LogP contribution in [0, 0.1) is 12.7 Å². The highest BCUT2D eigenvalue weighted by Gasteiger charge is 2.30. The summed E-state index contributed by atoms with van der Waals surface area (Å²) in [4.78, 5) is 0. The second-order valence-corrected chi connectivity index (χ2v) is 4.53. The SMILES string of the molecule is Cc1ccc(F)c(NCc2ccc(OC(F)(F)F)cc2)c1. The summed E-state index contributed by atoms with van der Waals surface area (Å²) < 4.78 is 53.3. The average Bonchev–Trinajstić information content (AvgIpc) is 2.40. The number of aryl methyl sites for hydroxylation is 1. The van der Waals surface area contributed by atoms with E-state index in [-0.39, 0.29) is 11.6 Å². The van der Waals surface area contributed by atoms with Crippen LogP contribution in [0.4, 0.5) is 23.2 Å². The van der Waals surface area contributed by atoms with Crippen molar-refractivity contribution in [2.45, 2.75) is 19.8 Å². The van der Waals surface area contributed by atoms with Gasteiger partial charge in [0.25, 0.3) is 0 Å². The lowest BCUT2D eigenvalue weighted by molar-refractivity contribution is -0.274. The molecule has 2 nitrogen and oxygen atoms in total. The van der Waals surface area contributed by atoms with Crippen molar-refractivity contribution >= 4 is 5.69 Å². The minimum absolute atomic E-state index is 0.284. The molecule has 0 unspecified atom stereocenters. The Morgan fingerprint density at radius 3 is 2.33 bits per heavy atom. The van der Waals surface area contributed by atoms with Crippen LogP contribution in [-0.4, -0.2) is 6.36 Å². The number of ether oxygens (including phenoxy) is 1. The zero-order valence-electron chi connectivity index (χ0n) is 11.2. The number of halogens is 4. The topological polar surface area (TPSA) is 21.3 Å². The van der Waals surface area contributed by atoms with Gasteiger partial charge in [-0.05, 0) is 42.3 Å². The molecule has 21 heavy (non-hydrogen) atoms. The molecule has 0 spiro atoms. The van der Waals surface area contributed by atoms with Crippen molar-refractivity contribution in [1.82, 2.24) is 0 Å². The number of hydrogen-bond donors (Lipinski definition) is 1. The van der Waals surface area contributed by atoms with Gasteiger partial charge in [0.1, 0.15) is 11.6 Å². The maximum atomic E-state index is 13.5. The zero-order valence-corrected chi connectivity index (χ0v) is 11.2. The first-order valence-electron chi connectivity index (χ1n) is 6.18. The molecule has 0 aliphatic carbocycles. The minimum atomic E-state index is -4.70. The molecule has 1 N–H and O–H groups in total. The molecule has 0 bridgehead atoms. The van der Waals surface area contributed by atoms with E-state index in [2.05, 4.69) is 10.1 Å². The van der Waals surface area contributed by atoms with E-state index in [0.29, 0.717) is 17.8 Å². The standard InChI is InChI=1S/C15H13F4NO/c1-10-2-7-13(16)14(8-10)20-9-11-3-5-12(6-4-11)21-15(17,18)19/h2-8,20H,9H2,1H3. The van der Waals surface area contributed by atoms with Crippen LogP contribution in [0.3, 0.4) is 0 Å². The molecular formula is C15H13F4NO. The molecule has 2 aromatic carbocycles. The third kappa shape index (κ3) is 4.66. The number of benzene rings is 2. The summed E-state index contributed by atoms with van der Waals surface area (Å²) in [5, 5.41) is 2.90. The first-order valence-corrected chi connectivity index (χ1v) is 6.18. The van der Waals surface area contributed by atoms with E-state index >= 15 is 0 Å². The molecule has 0 aromatic heterocycles. The predicted molar refractivity (Wildman–Crippen MR) is 71.6 cm³/mol. The summed E-state index contributed by atoms with van der Waals surface area (Å²) in [6, 6.07) is 10.1. The third-order valence-corrected chi connectivity index (χ3v) is 2.76. The maximum absolute atomic E-state index is 13.5. The largest absolute Gasteiger partial charge is 0.573 e. The van der Waals surface area contributed by atoms with E-state index in [9.17, 15) is 17.6 Å². The van der Waals surface area contributed by atoms with Crippen molar-refractivity contribution in [3.8, 4) is 5.75 Å². The molecule has 0 saturated carbocycles. The van der Waals surface area contributed by atoms with Gasteiger partial charge in [0.15, 0.2) is 0 Å². The van der Waals surface area contributed by atoms with E-state index in [0.717, 1.165) is 5.56 Å². The molecule has 112 valence electrons. The van der Waals surface area contributed by atoms with Gasteiger partial charge in [-0.3, -0.25) is 0 Å². The minimum Gasteiger partial charge on any atom is -0.406 e. The van der Waals surface area contributed by atoms with Crippen molar-refractivity contribution in [1.29, 1.82) is 0 Å². The van der Waals surface area contributed by atoms with Gasteiger partial charge in [-0.25, -0.2) is 4.39 Å². The molecule has 0 aliphatic rings. The highest BCUT2D eigenvalue weighted by atomic mass is 19.4. The molecule has 2 rings (SSSR count). The molecule has 2 aromatic rings. The lowest BCUT2D eigenvalue weighted by Crippen LogP contribution is -2.17. The molecule has 0 saturated heterocycles. The fourth-order valence-corrected chi connectivity index (χ4v) is 1.78. The van der Waals surface area contributed by atoms with Gasteiger partial charge in [0, 0.05) is 6.54 Å². The van der Waals surface area contributed by atoms with E-state index in [1.165, 1.54) is 30.3 Å². The van der Waals surface area contributed by atoms with Crippen LogP contribution in [0.5, 0.6) is 5.75 Å². The second kappa shape index (κ2) is 6.03. The summed E-state index contributed by atoms with van der Waals surface area (Å²) >= 11 is 0. The lowest BCUT2D eigenvalue weighted by Gasteiger charge is -2.11. The van der Waals surface area contributed by atoms with Crippen LogP contribution in [0.1, 0.15) is 11.1 Å². The Morgan fingerprint density at radius 2 is 1.71 bits per heavy atom. The summed E-state index contributed by atoms with van der Waals surface area (Å²) in [6.07, 6.45) is -4.70. The Kier molecular flexibility index (Phi) is 4.35. The normalized spacial score (nSPS) is 11.3. The molecule has 0 radical (unpaired) electrons. The molecule has 0 fully saturated rings. The van der Waals surface area contributed by atoms with Gasteiger partial charge in [-0.2, -0.15) is 0 Å². The number of alkyl halides is 3. The van der Waals surface area contributed by atoms with E-state index in [1.807, 2.05) is 6.92 Å². The van der Waals surface area contributed by atoms with Gasteiger partial charge in [0.05, 0.1) is 5.69 Å². The molecule has 0 atom stereocenters. The van der Waals surface area contributed by atoms with Crippen molar-refractivity contribution in [2.24, 2.45) is 0 Å². The van der Waals surface area contributed by atoms with Crippen molar-refractivity contribution < 1.29 is 22.3 Å². The van der Waals surface area contributed by atoms with Crippen LogP contribution < -0.4 is 10.1 Å². The van der Waals surface area contributed by atoms with Gasteiger partial charge in [-0.15, -0.1) is 13.2 Å².